The van der Waals surface area contributed by atoms with Crippen molar-refractivity contribution < 1.29 is 0 Å². The summed E-state index contributed by atoms with van der Waals surface area (Å²) < 4.78 is 0. The predicted molar refractivity (Wildman–Crippen MR) is 306 cm³/mol. The van der Waals surface area contributed by atoms with E-state index < -0.39 is 0 Å². The smallest absolute Gasteiger partial charge is 0.00553 e. The van der Waals surface area contributed by atoms with Gasteiger partial charge in [-0.25, -0.2) is 0 Å². The van der Waals surface area contributed by atoms with Crippen LogP contribution in [0.1, 0.15) is 178 Å². The van der Waals surface area contributed by atoms with Crippen molar-refractivity contribution >= 4 is 0 Å². The highest BCUT2D eigenvalue weighted by atomic mass is 14.3. The molecule has 0 bridgehead atoms. The molecular weight excluding hydrogens is 853 g/mol. The van der Waals surface area contributed by atoms with Crippen molar-refractivity contribution in [3.8, 4) is 0 Å². The Hall–Kier alpha value is -6.24. The summed E-state index contributed by atoms with van der Waals surface area (Å²) in [5.74, 6) is 2.85. The molecule has 7 unspecified atom stereocenters. The molecule has 0 amide bonds. The maximum absolute atomic E-state index is 2.49. The summed E-state index contributed by atoms with van der Waals surface area (Å²) >= 11 is 0. The molecule has 0 aliphatic heterocycles. The number of benzene rings is 8. The van der Waals surface area contributed by atoms with Crippen LogP contribution in [0.3, 0.4) is 0 Å². The van der Waals surface area contributed by atoms with Crippen LogP contribution in [0.4, 0.5) is 0 Å². The maximum Gasteiger partial charge on any atom is -0.00553 e. The lowest BCUT2D eigenvalue weighted by molar-refractivity contribution is 0.472. The fraction of sp³-hybridized carbons (Fsp3) is 0.324. The van der Waals surface area contributed by atoms with Crippen LogP contribution in [0.2, 0.25) is 0 Å². The number of aryl methyl sites for hydroxylation is 5. The first-order chi connectivity index (χ1) is 34.4. The molecule has 0 fully saturated rings. The van der Waals surface area contributed by atoms with E-state index in [1.54, 1.807) is 0 Å². The van der Waals surface area contributed by atoms with Gasteiger partial charge in [-0.2, -0.15) is 0 Å². The third-order valence-electron chi connectivity index (χ3n) is 16.1. The van der Waals surface area contributed by atoms with E-state index in [1.807, 2.05) is 0 Å². The van der Waals surface area contributed by atoms with Crippen LogP contribution < -0.4 is 0 Å². The molecule has 364 valence electrons. The van der Waals surface area contributed by atoms with Crippen molar-refractivity contribution in [3.05, 3.63) is 283 Å². The second-order valence-electron chi connectivity index (χ2n) is 21.8. The first-order valence-corrected chi connectivity index (χ1v) is 27.0. The minimum absolute atomic E-state index is 0.343. The Balaban J connectivity index is 1.08. The van der Waals surface area contributed by atoms with Gasteiger partial charge < -0.3 is 0 Å². The maximum atomic E-state index is 2.49. The van der Waals surface area contributed by atoms with Crippen molar-refractivity contribution in [3.63, 3.8) is 0 Å². The fourth-order valence-corrected chi connectivity index (χ4v) is 11.1. The number of rotatable bonds is 21. The molecule has 0 saturated heterocycles. The van der Waals surface area contributed by atoms with E-state index in [2.05, 4.69) is 256 Å². The second-order valence-corrected chi connectivity index (χ2v) is 21.8. The molecule has 0 heteroatoms. The average molecular weight is 933 g/mol. The lowest BCUT2D eigenvalue weighted by Crippen LogP contribution is -2.13. The van der Waals surface area contributed by atoms with Crippen LogP contribution in [-0.4, -0.2) is 0 Å². The van der Waals surface area contributed by atoms with Crippen molar-refractivity contribution in [1.29, 1.82) is 0 Å². The Morgan fingerprint density at radius 2 is 0.577 bits per heavy atom. The zero-order chi connectivity index (χ0) is 49.9. The monoisotopic (exact) mass is 933 g/mol. The summed E-state index contributed by atoms with van der Waals surface area (Å²) in [7, 11) is 0. The molecule has 0 aliphatic carbocycles. The third-order valence-corrected chi connectivity index (χ3v) is 16.1. The van der Waals surface area contributed by atoms with E-state index in [0.717, 1.165) is 44.9 Å². The van der Waals surface area contributed by atoms with Gasteiger partial charge in [0, 0.05) is 0 Å². The highest BCUT2D eigenvalue weighted by Gasteiger charge is 2.26. The van der Waals surface area contributed by atoms with E-state index in [-0.39, 0.29) is 0 Å². The molecule has 0 nitrogen and oxygen atoms in total. The molecule has 7 atom stereocenters. The molecule has 0 spiro atoms. The van der Waals surface area contributed by atoms with Gasteiger partial charge in [0.15, 0.2) is 0 Å². The van der Waals surface area contributed by atoms with E-state index in [0.29, 0.717) is 41.4 Å². The summed E-state index contributed by atoms with van der Waals surface area (Å²) in [5.41, 5.74) is 22.3. The Kier molecular flexibility index (Phi) is 17.5. The molecular formula is C71H80. The molecule has 8 rings (SSSR count). The van der Waals surface area contributed by atoms with Crippen LogP contribution in [0.25, 0.3) is 0 Å². The average Bonchev–Trinajstić information content (AvgIpc) is 3.39. The molecule has 0 aliphatic rings. The van der Waals surface area contributed by atoms with Gasteiger partial charge in [0.25, 0.3) is 0 Å². The zero-order valence-corrected chi connectivity index (χ0v) is 44.5. The predicted octanol–water partition coefficient (Wildman–Crippen LogP) is 19.0. The van der Waals surface area contributed by atoms with Gasteiger partial charge in [-0.15, -0.1) is 0 Å². The SMILES string of the molecule is CCc1ccc(CC(CC(CC(C)c2ccc(C)cc2)c2ccc(CC(C)c3ccc(C)cc3)cc2)c2ccc(CC(c3ccc(CC(C)c4ccc(C)cc4)cc3)C(C)c3ccc(C)cc3)cc2)cc1. The van der Waals surface area contributed by atoms with Crippen LogP contribution in [0.5, 0.6) is 0 Å². The van der Waals surface area contributed by atoms with Crippen molar-refractivity contribution in [2.75, 3.05) is 0 Å². The van der Waals surface area contributed by atoms with Crippen molar-refractivity contribution in [2.45, 2.75) is 149 Å². The number of hydrogen-bond acceptors (Lipinski definition) is 0. The van der Waals surface area contributed by atoms with Gasteiger partial charge in [0.2, 0.25) is 0 Å². The summed E-state index contributed by atoms with van der Waals surface area (Å²) in [5, 5.41) is 0. The van der Waals surface area contributed by atoms with Gasteiger partial charge in [0.1, 0.15) is 0 Å². The quantitative estimate of drug-likeness (QED) is 0.0673. The largest absolute Gasteiger partial charge is 0.0613 e. The highest BCUT2D eigenvalue weighted by molar-refractivity contribution is 5.38. The van der Waals surface area contributed by atoms with Crippen LogP contribution in [0.15, 0.2) is 194 Å². The van der Waals surface area contributed by atoms with E-state index in [9.17, 15) is 0 Å². The summed E-state index contributed by atoms with van der Waals surface area (Å²) in [6.07, 6.45) is 7.35. The summed E-state index contributed by atoms with van der Waals surface area (Å²) in [6, 6.07) is 75.5. The molecule has 0 saturated carbocycles. The molecule has 8 aromatic carbocycles. The van der Waals surface area contributed by atoms with Gasteiger partial charge in [-0.1, -0.05) is 251 Å². The Labute approximate surface area is 429 Å². The summed E-state index contributed by atoms with van der Waals surface area (Å²) in [4.78, 5) is 0. The molecule has 71 heavy (non-hydrogen) atoms. The number of hydrogen-bond donors (Lipinski definition) is 0. The topological polar surface area (TPSA) is 0 Å². The highest BCUT2D eigenvalue weighted by Crippen LogP contribution is 2.41. The van der Waals surface area contributed by atoms with Gasteiger partial charge in [-0.05, 0) is 181 Å². The van der Waals surface area contributed by atoms with Gasteiger partial charge >= 0.3 is 0 Å². The van der Waals surface area contributed by atoms with Gasteiger partial charge in [0.05, 0.1) is 0 Å². The van der Waals surface area contributed by atoms with Crippen LogP contribution in [-0.2, 0) is 32.1 Å². The second kappa shape index (κ2) is 24.3. The Morgan fingerprint density at radius 1 is 0.268 bits per heavy atom. The Bertz CT molecular complexity index is 2830. The van der Waals surface area contributed by atoms with Crippen LogP contribution >= 0.6 is 0 Å². The van der Waals surface area contributed by atoms with E-state index in [4.69, 9.17) is 0 Å². The summed E-state index contributed by atoms with van der Waals surface area (Å²) in [6.45, 7) is 20.6. The van der Waals surface area contributed by atoms with Crippen molar-refractivity contribution in [2.24, 2.45) is 0 Å². The first-order valence-electron chi connectivity index (χ1n) is 27.0. The zero-order valence-electron chi connectivity index (χ0n) is 44.5. The Morgan fingerprint density at radius 3 is 1.00 bits per heavy atom. The minimum Gasteiger partial charge on any atom is -0.0613 e. The molecule has 0 radical (unpaired) electrons. The lowest BCUT2D eigenvalue weighted by Gasteiger charge is -2.28. The standard InChI is InChI=1S/C71H80/c1-10-57-19-21-60(22-20-57)46-70(48-69(45-55(8)64-33-15-51(4)16-34-64)66-37-23-58(24-38-66)43-53(6)62-29-11-49(2)12-30-62)67-39-25-61(26-40-67)47-71(56(9)65-35-17-52(5)18-36-65)68-41-27-59(28-42-68)44-54(7)63-31-13-50(3)14-32-63/h11-42,53-56,69-71H,10,43-48H2,1-9H3. The minimum atomic E-state index is 0.343. The van der Waals surface area contributed by atoms with Gasteiger partial charge in [-0.3, -0.25) is 0 Å². The lowest BCUT2D eigenvalue weighted by atomic mass is 9.76. The molecule has 0 heterocycles. The third kappa shape index (κ3) is 14.0. The van der Waals surface area contributed by atoms with E-state index >= 15 is 0 Å². The molecule has 0 aromatic heterocycles. The molecule has 0 N–H and O–H groups in total. The first kappa shape index (κ1) is 51.1. The molecule has 8 aromatic rings. The normalized spacial score (nSPS) is 14.5. The van der Waals surface area contributed by atoms with E-state index in [1.165, 1.54) is 89.0 Å². The fourth-order valence-electron chi connectivity index (χ4n) is 11.1. The van der Waals surface area contributed by atoms with Crippen LogP contribution in [0, 0.1) is 27.7 Å². The van der Waals surface area contributed by atoms with Crippen molar-refractivity contribution in [1.82, 2.24) is 0 Å².